The van der Waals surface area contributed by atoms with Gasteiger partial charge in [0.25, 0.3) is 5.91 Å². The van der Waals surface area contributed by atoms with E-state index >= 15 is 0 Å². The van der Waals surface area contributed by atoms with Crippen LogP contribution < -0.4 is 5.32 Å². The van der Waals surface area contributed by atoms with Crippen molar-refractivity contribution >= 4 is 17.2 Å². The lowest BCUT2D eigenvalue weighted by Crippen LogP contribution is -2.43. The molecule has 0 spiro atoms. The second-order valence-electron chi connectivity index (χ2n) is 7.11. The Labute approximate surface area is 174 Å². The Morgan fingerprint density at radius 2 is 2.00 bits per heavy atom. The maximum absolute atomic E-state index is 12.7. The van der Waals surface area contributed by atoms with Crippen LogP contribution in [0.25, 0.3) is 0 Å². The molecular weight excluding hydrogens is 386 g/mol. The van der Waals surface area contributed by atoms with Gasteiger partial charge in [-0.1, -0.05) is 30.3 Å². The molecule has 29 heavy (non-hydrogen) atoms. The summed E-state index contributed by atoms with van der Waals surface area (Å²) in [6.07, 6.45) is 0.737. The van der Waals surface area contributed by atoms with E-state index in [4.69, 9.17) is 9.15 Å². The summed E-state index contributed by atoms with van der Waals surface area (Å²) in [5.41, 5.74) is 1.66. The van der Waals surface area contributed by atoms with E-state index in [2.05, 4.69) is 27.3 Å². The molecule has 6 nitrogen and oxygen atoms in total. The minimum Gasteiger partial charge on any atom is -0.465 e. The minimum absolute atomic E-state index is 0.0148. The number of carbonyl (C=O) groups excluding carboxylic acids is 1. The van der Waals surface area contributed by atoms with Gasteiger partial charge in [0.05, 0.1) is 24.3 Å². The second kappa shape index (κ2) is 9.35. The summed E-state index contributed by atoms with van der Waals surface area (Å²) in [6.45, 7) is 5.42. The summed E-state index contributed by atoms with van der Waals surface area (Å²) in [4.78, 5) is 19.5. The van der Waals surface area contributed by atoms with Crippen LogP contribution in [0.3, 0.4) is 0 Å². The lowest BCUT2D eigenvalue weighted by Gasteiger charge is -2.33. The number of amides is 1. The fourth-order valence-electron chi connectivity index (χ4n) is 3.48. The van der Waals surface area contributed by atoms with Crippen molar-refractivity contribution in [3.05, 3.63) is 75.6 Å². The molecule has 1 atom stereocenters. The van der Waals surface area contributed by atoms with Gasteiger partial charge in [-0.05, 0) is 24.6 Å². The van der Waals surface area contributed by atoms with Gasteiger partial charge in [-0.15, -0.1) is 11.3 Å². The molecule has 1 aliphatic heterocycles. The van der Waals surface area contributed by atoms with E-state index in [1.165, 1.54) is 16.9 Å². The van der Waals surface area contributed by atoms with Crippen LogP contribution in [0, 0.1) is 6.92 Å². The summed E-state index contributed by atoms with van der Waals surface area (Å²) in [6, 6.07) is 14.1. The average molecular weight is 412 g/mol. The first-order valence-corrected chi connectivity index (χ1v) is 10.7. The molecule has 1 amide bonds. The zero-order valence-corrected chi connectivity index (χ0v) is 17.3. The molecule has 0 saturated carbocycles. The molecule has 0 bridgehead atoms. The summed E-state index contributed by atoms with van der Waals surface area (Å²) in [5.74, 6) is 1.59. The van der Waals surface area contributed by atoms with E-state index in [-0.39, 0.29) is 11.9 Å². The molecule has 3 heterocycles. The van der Waals surface area contributed by atoms with Gasteiger partial charge in [0.2, 0.25) is 0 Å². The molecule has 1 fully saturated rings. The number of furan rings is 1. The first-order chi connectivity index (χ1) is 14.2. The van der Waals surface area contributed by atoms with E-state index in [0.29, 0.717) is 25.5 Å². The zero-order chi connectivity index (χ0) is 20.1. The Morgan fingerprint density at radius 3 is 2.72 bits per heavy atom. The molecule has 0 radical (unpaired) electrons. The quantitative estimate of drug-likeness (QED) is 0.645. The van der Waals surface area contributed by atoms with Crippen LogP contribution in [0.5, 0.6) is 0 Å². The topological polar surface area (TPSA) is 67.6 Å². The summed E-state index contributed by atoms with van der Waals surface area (Å²) in [7, 11) is 0. The average Bonchev–Trinajstić information content (AvgIpc) is 3.39. The molecule has 2 aromatic heterocycles. The highest BCUT2D eigenvalue weighted by atomic mass is 32.1. The molecule has 0 unspecified atom stereocenters. The van der Waals surface area contributed by atoms with Gasteiger partial charge >= 0.3 is 0 Å². The third kappa shape index (κ3) is 5.12. The normalized spacial score (nSPS) is 15.9. The highest BCUT2D eigenvalue weighted by Gasteiger charge is 2.26. The number of nitrogens with zero attached hydrogens (tertiary/aromatic N) is 2. The Bertz CT molecular complexity index is 932. The van der Waals surface area contributed by atoms with Gasteiger partial charge in [0, 0.05) is 31.4 Å². The van der Waals surface area contributed by atoms with E-state index in [0.717, 1.165) is 36.0 Å². The molecule has 1 aliphatic rings. The summed E-state index contributed by atoms with van der Waals surface area (Å²) < 4.78 is 11.3. The smallest absolute Gasteiger partial charge is 0.270 e. The van der Waals surface area contributed by atoms with Crippen molar-refractivity contribution in [2.24, 2.45) is 0 Å². The Kier molecular flexibility index (Phi) is 6.39. The molecule has 1 N–H and O–H groups in total. The van der Waals surface area contributed by atoms with Crippen LogP contribution in [-0.2, 0) is 11.2 Å². The maximum Gasteiger partial charge on any atom is 0.270 e. The van der Waals surface area contributed by atoms with Crippen LogP contribution in [0.2, 0.25) is 0 Å². The van der Waals surface area contributed by atoms with Crippen molar-refractivity contribution in [2.45, 2.75) is 19.4 Å². The van der Waals surface area contributed by atoms with Crippen LogP contribution >= 0.6 is 11.3 Å². The van der Waals surface area contributed by atoms with E-state index in [9.17, 15) is 4.79 Å². The Hall–Kier alpha value is -2.48. The van der Waals surface area contributed by atoms with Crippen molar-refractivity contribution < 1.29 is 13.9 Å². The number of ether oxygens (including phenoxy) is 1. The monoisotopic (exact) mass is 411 g/mol. The standard InChI is InChI=1S/C22H25N3O3S/c1-16-7-8-20(28-16)19(25-9-11-27-12-10-25)14-23-22(26)18-15-29-21(24-18)13-17-5-3-2-4-6-17/h2-8,15,19H,9-14H2,1H3,(H,23,26)/t19-/m1/s1. The van der Waals surface area contributed by atoms with Gasteiger partial charge < -0.3 is 14.5 Å². The summed E-state index contributed by atoms with van der Waals surface area (Å²) >= 11 is 1.52. The molecule has 152 valence electrons. The fraction of sp³-hybridized carbons (Fsp3) is 0.364. The molecule has 1 saturated heterocycles. The van der Waals surface area contributed by atoms with Crippen molar-refractivity contribution in [3.8, 4) is 0 Å². The van der Waals surface area contributed by atoms with Crippen LogP contribution in [0.15, 0.2) is 52.3 Å². The van der Waals surface area contributed by atoms with Crippen molar-refractivity contribution in [2.75, 3.05) is 32.8 Å². The predicted molar refractivity (Wildman–Crippen MR) is 112 cm³/mol. The van der Waals surface area contributed by atoms with Crippen LogP contribution in [0.1, 0.15) is 38.6 Å². The van der Waals surface area contributed by atoms with Crippen molar-refractivity contribution in [1.29, 1.82) is 0 Å². The first-order valence-electron chi connectivity index (χ1n) is 9.84. The number of benzene rings is 1. The number of hydrogen-bond donors (Lipinski definition) is 1. The minimum atomic E-state index is -0.151. The predicted octanol–water partition coefficient (Wildman–Crippen LogP) is 3.44. The highest BCUT2D eigenvalue weighted by Crippen LogP contribution is 2.23. The molecule has 4 rings (SSSR count). The van der Waals surface area contributed by atoms with Crippen LogP contribution in [-0.4, -0.2) is 48.6 Å². The largest absolute Gasteiger partial charge is 0.465 e. The third-order valence-corrected chi connectivity index (χ3v) is 5.86. The van der Waals surface area contributed by atoms with E-state index in [1.54, 1.807) is 0 Å². The lowest BCUT2D eigenvalue weighted by atomic mass is 10.1. The molecule has 7 heteroatoms. The number of aryl methyl sites for hydroxylation is 1. The van der Waals surface area contributed by atoms with E-state index < -0.39 is 0 Å². The SMILES string of the molecule is Cc1ccc([C@@H](CNC(=O)c2csc(Cc3ccccc3)n2)N2CCOCC2)o1. The van der Waals surface area contributed by atoms with Crippen molar-refractivity contribution in [3.63, 3.8) is 0 Å². The molecule has 0 aliphatic carbocycles. The van der Waals surface area contributed by atoms with Crippen LogP contribution in [0.4, 0.5) is 0 Å². The Morgan fingerprint density at radius 1 is 1.21 bits per heavy atom. The first kappa shape index (κ1) is 19.8. The second-order valence-corrected chi connectivity index (χ2v) is 8.05. The highest BCUT2D eigenvalue weighted by molar-refractivity contribution is 7.09. The van der Waals surface area contributed by atoms with Gasteiger partial charge in [0.1, 0.15) is 17.2 Å². The van der Waals surface area contributed by atoms with Gasteiger partial charge in [0.15, 0.2) is 0 Å². The lowest BCUT2D eigenvalue weighted by molar-refractivity contribution is 0.0117. The maximum atomic E-state index is 12.7. The van der Waals surface area contributed by atoms with Gasteiger partial charge in [-0.3, -0.25) is 9.69 Å². The number of thiazole rings is 1. The number of nitrogens with one attached hydrogen (secondary N) is 1. The molecule has 3 aromatic rings. The number of hydrogen-bond acceptors (Lipinski definition) is 6. The van der Waals surface area contributed by atoms with Gasteiger partial charge in [-0.25, -0.2) is 4.98 Å². The molecular formula is C22H25N3O3S. The van der Waals surface area contributed by atoms with Crippen molar-refractivity contribution in [1.82, 2.24) is 15.2 Å². The third-order valence-electron chi connectivity index (χ3n) is 5.01. The number of rotatable bonds is 7. The number of aromatic nitrogens is 1. The number of morpholine rings is 1. The van der Waals surface area contributed by atoms with E-state index in [1.807, 2.05) is 42.6 Å². The zero-order valence-electron chi connectivity index (χ0n) is 16.5. The summed E-state index contributed by atoms with van der Waals surface area (Å²) in [5, 5.41) is 5.81. The van der Waals surface area contributed by atoms with Gasteiger partial charge in [-0.2, -0.15) is 0 Å². The fourth-order valence-corrected chi connectivity index (χ4v) is 4.29. The number of carbonyl (C=O) groups is 1. The molecule has 1 aromatic carbocycles. The Balaban J connectivity index is 1.40.